The maximum absolute atomic E-state index is 12.6. The Kier molecular flexibility index (Phi) is 5.85. The second-order valence-electron chi connectivity index (χ2n) is 6.72. The Morgan fingerprint density at radius 2 is 2.00 bits per heavy atom. The summed E-state index contributed by atoms with van der Waals surface area (Å²) in [6, 6.07) is 1.68. The van der Waals surface area contributed by atoms with Crippen LogP contribution in [0.25, 0.3) is 0 Å². The zero-order chi connectivity index (χ0) is 19.0. The Morgan fingerprint density at radius 3 is 2.48 bits per heavy atom. The van der Waals surface area contributed by atoms with E-state index in [1.165, 1.54) is 16.2 Å². The third kappa shape index (κ3) is 4.73. The molecule has 138 valence electrons. The fourth-order valence-electron chi connectivity index (χ4n) is 2.42. The maximum atomic E-state index is 12.6. The van der Waals surface area contributed by atoms with E-state index in [1.54, 1.807) is 26.8 Å². The van der Waals surface area contributed by atoms with Crippen LogP contribution in [0.2, 0.25) is 0 Å². The number of carbonyl (C=O) groups is 3. The molecule has 10 heteroatoms. The summed E-state index contributed by atoms with van der Waals surface area (Å²) in [5.41, 5.74) is -2.29. The molecule has 1 fully saturated rings. The molecule has 2 rings (SSSR count). The van der Waals surface area contributed by atoms with E-state index in [0.29, 0.717) is 4.88 Å². The van der Waals surface area contributed by atoms with Crippen LogP contribution in [0.3, 0.4) is 0 Å². The molecule has 0 spiro atoms. The van der Waals surface area contributed by atoms with Gasteiger partial charge in [0.2, 0.25) is 0 Å². The lowest BCUT2D eigenvalue weighted by Gasteiger charge is -2.28. The topological polar surface area (TPSA) is 95.9 Å². The molecule has 1 aromatic rings. The third-order valence-electron chi connectivity index (χ3n) is 3.56. The highest BCUT2D eigenvalue weighted by Gasteiger charge is 2.48. The highest BCUT2D eigenvalue weighted by molar-refractivity contribution is 9.13. The summed E-state index contributed by atoms with van der Waals surface area (Å²) < 4.78 is 6.69. The predicted molar refractivity (Wildman–Crippen MR) is 100.0 cm³/mol. The van der Waals surface area contributed by atoms with Gasteiger partial charge < -0.3 is 20.1 Å². The van der Waals surface area contributed by atoms with E-state index in [4.69, 9.17) is 4.74 Å². The second-order valence-corrected chi connectivity index (χ2v) is 9.95. The number of nitrogens with zero attached hydrogens (tertiary/aromatic N) is 1. The van der Waals surface area contributed by atoms with Crippen molar-refractivity contribution < 1.29 is 24.2 Å². The minimum absolute atomic E-state index is 0.112. The van der Waals surface area contributed by atoms with E-state index in [0.717, 1.165) is 8.26 Å². The van der Waals surface area contributed by atoms with Crippen molar-refractivity contribution in [2.24, 2.45) is 0 Å². The first-order valence-electron chi connectivity index (χ1n) is 7.42. The first-order chi connectivity index (χ1) is 11.4. The summed E-state index contributed by atoms with van der Waals surface area (Å²) in [7, 11) is 0. The van der Waals surface area contributed by atoms with E-state index >= 15 is 0 Å². The molecule has 0 radical (unpaired) electrons. The summed E-state index contributed by atoms with van der Waals surface area (Å²) >= 11 is 7.92. The summed E-state index contributed by atoms with van der Waals surface area (Å²) in [4.78, 5) is 38.3. The Bertz CT molecular complexity index is 696. The van der Waals surface area contributed by atoms with Gasteiger partial charge in [0.1, 0.15) is 5.60 Å². The molecule has 1 saturated heterocycles. The molecule has 2 amide bonds. The number of nitrogens with one attached hydrogen (secondary N) is 1. The average molecular weight is 498 g/mol. The normalized spacial score (nSPS) is 20.4. The first-order valence-corrected chi connectivity index (χ1v) is 9.82. The van der Waals surface area contributed by atoms with Gasteiger partial charge in [0.05, 0.1) is 15.2 Å². The minimum Gasteiger partial charge on any atom is -0.479 e. The van der Waals surface area contributed by atoms with Gasteiger partial charge in [-0.2, -0.15) is 0 Å². The van der Waals surface area contributed by atoms with Crippen molar-refractivity contribution in [1.29, 1.82) is 0 Å². The van der Waals surface area contributed by atoms with Crippen LogP contribution in [0.1, 0.15) is 36.9 Å². The zero-order valence-corrected chi connectivity index (χ0v) is 17.9. The molecule has 25 heavy (non-hydrogen) atoms. The molecule has 1 aliphatic heterocycles. The number of hydrogen-bond acceptors (Lipinski definition) is 5. The van der Waals surface area contributed by atoms with Gasteiger partial charge in [-0.05, 0) is 58.7 Å². The molecule has 1 aromatic heterocycles. The second kappa shape index (κ2) is 7.24. The van der Waals surface area contributed by atoms with Crippen LogP contribution in [-0.2, 0) is 9.53 Å². The molecule has 0 aliphatic carbocycles. The molecule has 0 aromatic carbocycles. The minimum atomic E-state index is -1.55. The van der Waals surface area contributed by atoms with Crippen LogP contribution in [-0.4, -0.2) is 52.2 Å². The van der Waals surface area contributed by atoms with Gasteiger partial charge in [-0.1, -0.05) is 0 Å². The fourth-order valence-corrected chi connectivity index (χ4v) is 4.42. The fraction of sp³-hybridized carbons (Fsp3) is 0.533. The van der Waals surface area contributed by atoms with E-state index in [-0.39, 0.29) is 25.4 Å². The van der Waals surface area contributed by atoms with Crippen molar-refractivity contribution >= 4 is 61.2 Å². The quantitative estimate of drug-likeness (QED) is 0.666. The number of hydrogen-bond donors (Lipinski definition) is 2. The SMILES string of the molecule is CC(C)(C)OC(=O)NC1(C(=O)O)CCN(C(=O)c2cc(Br)c(Br)s2)C1. The van der Waals surface area contributed by atoms with Crippen molar-refractivity contribution in [2.45, 2.75) is 38.3 Å². The molecule has 0 saturated carbocycles. The Hall–Kier alpha value is -1.13. The largest absolute Gasteiger partial charge is 0.479 e. The van der Waals surface area contributed by atoms with E-state index in [2.05, 4.69) is 37.2 Å². The highest BCUT2D eigenvalue weighted by Crippen LogP contribution is 2.34. The van der Waals surface area contributed by atoms with Gasteiger partial charge in [0.25, 0.3) is 5.91 Å². The molecular weight excluding hydrogens is 480 g/mol. The van der Waals surface area contributed by atoms with E-state index in [9.17, 15) is 19.5 Å². The van der Waals surface area contributed by atoms with Gasteiger partial charge in [-0.25, -0.2) is 9.59 Å². The molecular formula is C15H18Br2N2O5S. The van der Waals surface area contributed by atoms with Gasteiger partial charge in [-0.15, -0.1) is 11.3 Å². The number of alkyl carbamates (subject to hydrolysis) is 1. The van der Waals surface area contributed by atoms with E-state index < -0.39 is 23.2 Å². The molecule has 1 unspecified atom stereocenters. The van der Waals surface area contributed by atoms with Gasteiger partial charge >= 0.3 is 12.1 Å². The summed E-state index contributed by atoms with van der Waals surface area (Å²) in [6.07, 6.45) is -0.702. The summed E-state index contributed by atoms with van der Waals surface area (Å²) in [5.74, 6) is -1.47. The maximum Gasteiger partial charge on any atom is 0.408 e. The molecule has 0 bridgehead atoms. The van der Waals surface area contributed by atoms with Crippen LogP contribution in [0, 0.1) is 0 Å². The van der Waals surface area contributed by atoms with E-state index in [1.807, 2.05) is 0 Å². The van der Waals surface area contributed by atoms with Crippen LogP contribution < -0.4 is 5.32 Å². The van der Waals surface area contributed by atoms with Gasteiger partial charge in [0.15, 0.2) is 5.54 Å². The van der Waals surface area contributed by atoms with Crippen LogP contribution in [0.5, 0.6) is 0 Å². The number of thiophene rings is 1. The van der Waals surface area contributed by atoms with Gasteiger partial charge in [-0.3, -0.25) is 4.79 Å². The number of carbonyl (C=O) groups excluding carboxylic acids is 2. The zero-order valence-electron chi connectivity index (χ0n) is 13.9. The number of likely N-dealkylation sites (tertiary alicyclic amines) is 1. The summed E-state index contributed by atoms with van der Waals surface area (Å²) in [5, 5.41) is 12.0. The third-order valence-corrected chi connectivity index (χ3v) is 6.81. The lowest BCUT2D eigenvalue weighted by Crippen LogP contribution is -2.57. The Balaban J connectivity index is 2.13. The van der Waals surface area contributed by atoms with Crippen molar-refractivity contribution in [1.82, 2.24) is 10.2 Å². The predicted octanol–water partition coefficient (Wildman–Crippen LogP) is 3.47. The number of halogens is 2. The lowest BCUT2D eigenvalue weighted by atomic mass is 9.99. The molecule has 2 N–H and O–H groups in total. The number of ether oxygens (including phenoxy) is 1. The molecule has 1 atom stereocenters. The average Bonchev–Trinajstić information content (AvgIpc) is 3.02. The van der Waals surface area contributed by atoms with Crippen molar-refractivity contribution in [3.8, 4) is 0 Å². The number of aliphatic carboxylic acids is 1. The van der Waals surface area contributed by atoms with Gasteiger partial charge in [0, 0.05) is 17.4 Å². The number of rotatable bonds is 3. The molecule has 7 nitrogen and oxygen atoms in total. The van der Waals surface area contributed by atoms with Crippen molar-refractivity contribution in [3.05, 3.63) is 19.2 Å². The molecule has 2 heterocycles. The van der Waals surface area contributed by atoms with Crippen molar-refractivity contribution in [3.63, 3.8) is 0 Å². The number of amides is 2. The smallest absolute Gasteiger partial charge is 0.408 e. The van der Waals surface area contributed by atoms with Crippen LogP contribution >= 0.6 is 43.2 Å². The Morgan fingerprint density at radius 1 is 1.36 bits per heavy atom. The number of carboxylic acids is 1. The number of carboxylic acid groups (broad SMARTS) is 1. The monoisotopic (exact) mass is 496 g/mol. The highest BCUT2D eigenvalue weighted by atomic mass is 79.9. The summed E-state index contributed by atoms with van der Waals surface area (Å²) in [6.45, 7) is 5.19. The van der Waals surface area contributed by atoms with Crippen LogP contribution in [0.15, 0.2) is 14.3 Å². The van der Waals surface area contributed by atoms with Crippen molar-refractivity contribution in [2.75, 3.05) is 13.1 Å². The van der Waals surface area contributed by atoms with Crippen LogP contribution in [0.4, 0.5) is 4.79 Å². The standard InChI is InChI=1S/C15H18Br2N2O5S/c1-14(2,3)24-13(23)18-15(12(21)22)4-5-19(7-15)11(20)9-6-8(16)10(17)25-9/h6H,4-5,7H2,1-3H3,(H,18,23)(H,21,22). The Labute approximate surface area is 166 Å². The first kappa shape index (κ1) is 20.2. The lowest BCUT2D eigenvalue weighted by molar-refractivity contribution is -0.144. The molecule has 1 aliphatic rings.